The number of nitrogens with one attached hydrogen (secondary N) is 1. The normalized spacial score (nSPS) is 11.4. The van der Waals surface area contributed by atoms with E-state index in [1.807, 2.05) is 44.2 Å². The van der Waals surface area contributed by atoms with E-state index in [9.17, 15) is 4.79 Å². The number of terminal acetylenes is 1. The summed E-state index contributed by atoms with van der Waals surface area (Å²) in [6.45, 7) is 4.56. The zero-order chi connectivity index (χ0) is 17.4. The van der Waals surface area contributed by atoms with Gasteiger partial charge in [-0.3, -0.25) is 4.79 Å². The molecular weight excluding hydrogens is 300 g/mol. The predicted molar refractivity (Wildman–Crippen MR) is 94.9 cm³/mol. The molecule has 1 heterocycles. The van der Waals surface area contributed by atoms with Crippen LogP contribution in [-0.2, 0) is 11.3 Å². The molecule has 0 saturated carbocycles. The van der Waals surface area contributed by atoms with Gasteiger partial charge in [-0.05, 0) is 24.5 Å². The first-order chi connectivity index (χ1) is 11.6. The van der Waals surface area contributed by atoms with Crippen molar-refractivity contribution in [2.75, 3.05) is 0 Å². The van der Waals surface area contributed by atoms with Crippen molar-refractivity contribution in [2.24, 2.45) is 0 Å². The summed E-state index contributed by atoms with van der Waals surface area (Å²) < 4.78 is 1.73. The van der Waals surface area contributed by atoms with Crippen molar-refractivity contribution in [1.82, 2.24) is 20.3 Å². The summed E-state index contributed by atoms with van der Waals surface area (Å²) in [4.78, 5) is 12.1. The van der Waals surface area contributed by atoms with Crippen LogP contribution < -0.4 is 5.32 Å². The maximum absolute atomic E-state index is 12.1. The third kappa shape index (κ3) is 4.56. The minimum atomic E-state index is -0.591. The molecule has 5 nitrogen and oxygen atoms in total. The average molecular weight is 322 g/mol. The second-order valence-corrected chi connectivity index (χ2v) is 5.58. The monoisotopic (exact) mass is 322 g/mol. The molecule has 2 rings (SSSR count). The number of carbonyl (C=O) groups excluding carboxylic acids is 1. The SMILES string of the molecule is C#CC(CC)(CC)NC(=O)/C=C/c1cn(Cc2ccccc2)nn1. The van der Waals surface area contributed by atoms with E-state index in [0.717, 1.165) is 5.56 Å². The lowest BCUT2D eigenvalue weighted by Crippen LogP contribution is -2.45. The number of amides is 1. The molecule has 0 radical (unpaired) electrons. The van der Waals surface area contributed by atoms with Crippen LogP contribution in [-0.4, -0.2) is 26.4 Å². The summed E-state index contributed by atoms with van der Waals surface area (Å²) in [5.41, 5.74) is 1.17. The highest BCUT2D eigenvalue weighted by molar-refractivity contribution is 5.92. The molecule has 0 bridgehead atoms. The first-order valence-corrected chi connectivity index (χ1v) is 8.03. The lowest BCUT2D eigenvalue weighted by atomic mass is 9.94. The number of benzene rings is 1. The van der Waals surface area contributed by atoms with E-state index in [4.69, 9.17) is 6.42 Å². The quantitative estimate of drug-likeness (QED) is 0.630. The van der Waals surface area contributed by atoms with Gasteiger partial charge in [0.25, 0.3) is 0 Å². The Morgan fingerprint density at radius 1 is 1.33 bits per heavy atom. The van der Waals surface area contributed by atoms with Gasteiger partial charge < -0.3 is 5.32 Å². The van der Waals surface area contributed by atoms with Crippen molar-refractivity contribution in [1.29, 1.82) is 0 Å². The van der Waals surface area contributed by atoms with Crippen LogP contribution in [0.15, 0.2) is 42.6 Å². The topological polar surface area (TPSA) is 59.8 Å². The second-order valence-electron chi connectivity index (χ2n) is 5.58. The van der Waals surface area contributed by atoms with Gasteiger partial charge in [0, 0.05) is 6.08 Å². The van der Waals surface area contributed by atoms with Gasteiger partial charge >= 0.3 is 0 Å². The summed E-state index contributed by atoms with van der Waals surface area (Å²) in [6, 6.07) is 9.99. The van der Waals surface area contributed by atoms with Gasteiger partial charge in [-0.1, -0.05) is 55.3 Å². The van der Waals surface area contributed by atoms with E-state index in [0.29, 0.717) is 25.1 Å². The molecule has 1 aromatic carbocycles. The molecule has 0 unspecified atom stereocenters. The molecule has 24 heavy (non-hydrogen) atoms. The fraction of sp³-hybridized carbons (Fsp3) is 0.316. The Balaban J connectivity index is 1.97. The molecule has 2 aromatic rings. The smallest absolute Gasteiger partial charge is 0.245 e. The summed E-state index contributed by atoms with van der Waals surface area (Å²) in [6.07, 6.45) is 11.8. The first kappa shape index (κ1) is 17.5. The maximum atomic E-state index is 12.1. The molecule has 0 aliphatic carbocycles. The molecule has 0 saturated heterocycles. The van der Waals surface area contributed by atoms with Crippen molar-refractivity contribution < 1.29 is 4.79 Å². The first-order valence-electron chi connectivity index (χ1n) is 8.03. The fourth-order valence-electron chi connectivity index (χ4n) is 2.34. The lowest BCUT2D eigenvalue weighted by molar-refractivity contribution is -0.117. The van der Waals surface area contributed by atoms with Crippen LogP contribution in [0.5, 0.6) is 0 Å². The van der Waals surface area contributed by atoms with Crippen LogP contribution in [0.2, 0.25) is 0 Å². The highest BCUT2D eigenvalue weighted by atomic mass is 16.1. The van der Waals surface area contributed by atoms with Crippen LogP contribution in [0.3, 0.4) is 0 Å². The molecular formula is C19H22N4O. The largest absolute Gasteiger partial charge is 0.336 e. The van der Waals surface area contributed by atoms with Gasteiger partial charge in [-0.2, -0.15) is 0 Å². The number of rotatable bonds is 7. The molecule has 0 fully saturated rings. The highest BCUT2D eigenvalue weighted by Crippen LogP contribution is 2.13. The molecule has 0 spiro atoms. The van der Waals surface area contributed by atoms with E-state index >= 15 is 0 Å². The number of carbonyl (C=O) groups is 1. The molecule has 1 amide bonds. The molecule has 1 aromatic heterocycles. The number of hydrogen-bond donors (Lipinski definition) is 1. The van der Waals surface area contributed by atoms with Crippen LogP contribution >= 0.6 is 0 Å². The third-order valence-corrected chi connectivity index (χ3v) is 4.00. The molecule has 0 aliphatic heterocycles. The van der Waals surface area contributed by atoms with E-state index < -0.39 is 5.54 Å². The van der Waals surface area contributed by atoms with Crippen molar-refractivity contribution in [3.05, 3.63) is 53.9 Å². The summed E-state index contributed by atoms with van der Waals surface area (Å²) in [5, 5.41) is 11.0. The average Bonchev–Trinajstić information content (AvgIpc) is 3.06. The molecule has 1 N–H and O–H groups in total. The minimum Gasteiger partial charge on any atom is -0.336 e. The minimum absolute atomic E-state index is 0.228. The van der Waals surface area contributed by atoms with E-state index in [2.05, 4.69) is 21.5 Å². The zero-order valence-electron chi connectivity index (χ0n) is 14.1. The van der Waals surface area contributed by atoms with Crippen LogP contribution in [0.25, 0.3) is 6.08 Å². The van der Waals surface area contributed by atoms with Gasteiger partial charge in [-0.25, -0.2) is 4.68 Å². The lowest BCUT2D eigenvalue weighted by Gasteiger charge is -2.26. The Morgan fingerprint density at radius 2 is 2.04 bits per heavy atom. The molecule has 124 valence electrons. The number of nitrogens with zero attached hydrogens (tertiary/aromatic N) is 3. The summed E-state index contributed by atoms with van der Waals surface area (Å²) in [5.74, 6) is 2.45. The number of aromatic nitrogens is 3. The second kappa shape index (κ2) is 8.11. The Bertz CT molecular complexity index is 736. The molecule has 5 heteroatoms. The van der Waals surface area contributed by atoms with Crippen molar-refractivity contribution >= 4 is 12.0 Å². The van der Waals surface area contributed by atoms with Gasteiger partial charge in [-0.15, -0.1) is 11.5 Å². The van der Waals surface area contributed by atoms with Crippen molar-refractivity contribution in [3.63, 3.8) is 0 Å². The fourth-order valence-corrected chi connectivity index (χ4v) is 2.34. The Hall–Kier alpha value is -2.87. The number of hydrogen-bond acceptors (Lipinski definition) is 3. The van der Waals surface area contributed by atoms with E-state index in [1.54, 1.807) is 17.0 Å². The standard InChI is InChI=1S/C19H22N4O/c1-4-19(5-2,6-3)20-18(24)13-12-17-15-23(22-21-17)14-16-10-8-7-9-11-16/h1,7-13,15H,5-6,14H2,2-3H3,(H,20,24)/b13-12+. The van der Waals surface area contributed by atoms with Crippen LogP contribution in [0.4, 0.5) is 0 Å². The predicted octanol–water partition coefficient (Wildman–Crippen LogP) is 2.65. The maximum Gasteiger partial charge on any atom is 0.245 e. The summed E-state index contributed by atoms with van der Waals surface area (Å²) >= 11 is 0. The third-order valence-electron chi connectivity index (χ3n) is 4.00. The van der Waals surface area contributed by atoms with Gasteiger partial charge in [0.2, 0.25) is 5.91 Å². The molecule has 0 atom stereocenters. The molecule has 0 aliphatic rings. The van der Waals surface area contributed by atoms with Crippen molar-refractivity contribution in [2.45, 2.75) is 38.8 Å². The van der Waals surface area contributed by atoms with Crippen LogP contribution in [0, 0.1) is 12.3 Å². The Kier molecular flexibility index (Phi) is 5.91. The van der Waals surface area contributed by atoms with Crippen LogP contribution in [0.1, 0.15) is 37.9 Å². The Morgan fingerprint density at radius 3 is 2.67 bits per heavy atom. The van der Waals surface area contributed by atoms with E-state index in [-0.39, 0.29) is 5.91 Å². The Labute approximate surface area is 142 Å². The van der Waals surface area contributed by atoms with Gasteiger partial charge in [0.15, 0.2) is 0 Å². The van der Waals surface area contributed by atoms with Crippen molar-refractivity contribution in [3.8, 4) is 12.3 Å². The summed E-state index contributed by atoms with van der Waals surface area (Å²) in [7, 11) is 0. The van der Waals surface area contributed by atoms with E-state index in [1.165, 1.54) is 6.08 Å². The van der Waals surface area contributed by atoms with Gasteiger partial charge in [0.05, 0.1) is 12.7 Å². The van der Waals surface area contributed by atoms with Gasteiger partial charge in [0.1, 0.15) is 11.2 Å². The highest BCUT2D eigenvalue weighted by Gasteiger charge is 2.24. The zero-order valence-corrected chi connectivity index (χ0v) is 14.1.